The van der Waals surface area contributed by atoms with Gasteiger partial charge in [-0.05, 0) is 30.3 Å². The molecule has 0 unspecified atom stereocenters. The summed E-state index contributed by atoms with van der Waals surface area (Å²) in [6.45, 7) is 11.8. The average molecular weight is 331 g/mol. The molecule has 1 aliphatic rings. The second kappa shape index (κ2) is 6.41. The Kier molecular flexibility index (Phi) is 4.92. The lowest BCUT2D eigenvalue weighted by Gasteiger charge is -2.35. The van der Waals surface area contributed by atoms with E-state index in [1.165, 1.54) is 4.90 Å². The van der Waals surface area contributed by atoms with Gasteiger partial charge in [0.25, 0.3) is 11.8 Å². The zero-order valence-corrected chi connectivity index (χ0v) is 15.6. The fourth-order valence-electron chi connectivity index (χ4n) is 2.13. The Morgan fingerprint density at radius 1 is 1.04 bits per heavy atom. The summed E-state index contributed by atoms with van der Waals surface area (Å²) in [6, 6.07) is 6.94. The van der Waals surface area contributed by atoms with Crippen LogP contribution < -0.4 is 0 Å². The van der Waals surface area contributed by atoms with Crippen LogP contribution in [0.4, 0.5) is 0 Å². The number of carbonyl (C=O) groups excluding carboxylic acids is 2. The first-order valence-corrected chi connectivity index (χ1v) is 10.8. The van der Waals surface area contributed by atoms with E-state index >= 15 is 0 Å². The van der Waals surface area contributed by atoms with Gasteiger partial charge in [-0.2, -0.15) is 0 Å². The van der Waals surface area contributed by atoms with Crippen LogP contribution in [-0.4, -0.2) is 38.2 Å². The van der Waals surface area contributed by atoms with E-state index in [9.17, 15) is 9.59 Å². The van der Waals surface area contributed by atoms with E-state index in [4.69, 9.17) is 4.43 Å². The van der Waals surface area contributed by atoms with Crippen molar-refractivity contribution in [3.8, 4) is 0 Å². The summed E-state index contributed by atoms with van der Waals surface area (Å²) in [7, 11) is -1.76. The van der Waals surface area contributed by atoms with Gasteiger partial charge in [-0.15, -0.1) is 0 Å². The van der Waals surface area contributed by atoms with Gasteiger partial charge in [0.2, 0.25) is 0 Å². The van der Waals surface area contributed by atoms with Crippen molar-refractivity contribution in [2.75, 3.05) is 13.2 Å². The third-order valence-corrected chi connectivity index (χ3v) is 9.18. The van der Waals surface area contributed by atoms with E-state index in [-0.39, 0.29) is 23.4 Å². The predicted molar refractivity (Wildman–Crippen MR) is 94.1 cm³/mol. The molecule has 5 heteroatoms. The summed E-state index contributed by atoms with van der Waals surface area (Å²) in [5.74, 6) is -0.443. The number of hydrogen-bond acceptors (Lipinski definition) is 3. The molecule has 0 fully saturated rings. The lowest BCUT2D eigenvalue weighted by atomic mass is 10.1. The molecule has 1 aromatic rings. The fourth-order valence-corrected chi connectivity index (χ4v) is 3.07. The Balaban J connectivity index is 1.91. The number of benzene rings is 1. The number of carbonyl (C=O) groups is 2. The molecule has 1 heterocycles. The van der Waals surface area contributed by atoms with E-state index in [2.05, 4.69) is 33.9 Å². The molecule has 0 aliphatic carbocycles. The van der Waals surface area contributed by atoms with E-state index in [1.807, 2.05) is 12.2 Å². The minimum Gasteiger partial charge on any atom is -0.413 e. The highest BCUT2D eigenvalue weighted by atomic mass is 28.4. The summed E-state index contributed by atoms with van der Waals surface area (Å²) in [6.07, 6.45) is 3.72. The minimum absolute atomic E-state index is 0.170. The molecule has 0 spiro atoms. The van der Waals surface area contributed by atoms with Crippen LogP contribution in [0.5, 0.6) is 0 Å². The SMILES string of the molecule is CC(C)(C)[Si](C)(C)OCC=CCN1C(=O)c2ccccc2C1=O. The largest absolute Gasteiger partial charge is 0.413 e. The second-order valence-corrected chi connectivity index (χ2v) is 12.1. The van der Waals surface area contributed by atoms with Crippen molar-refractivity contribution >= 4 is 20.1 Å². The lowest BCUT2D eigenvalue weighted by Crippen LogP contribution is -2.40. The van der Waals surface area contributed by atoms with Crippen molar-refractivity contribution in [1.29, 1.82) is 0 Å². The maximum Gasteiger partial charge on any atom is 0.261 e. The number of imide groups is 1. The van der Waals surface area contributed by atoms with Crippen molar-refractivity contribution in [2.45, 2.75) is 38.9 Å². The van der Waals surface area contributed by atoms with Crippen LogP contribution in [0, 0.1) is 0 Å². The van der Waals surface area contributed by atoms with Crippen LogP contribution in [0.2, 0.25) is 18.1 Å². The van der Waals surface area contributed by atoms with E-state index in [1.54, 1.807) is 24.3 Å². The van der Waals surface area contributed by atoms with E-state index in [0.717, 1.165) is 0 Å². The Hall–Kier alpha value is -1.72. The topological polar surface area (TPSA) is 46.6 Å². The summed E-state index contributed by atoms with van der Waals surface area (Å²) in [4.78, 5) is 25.7. The van der Waals surface area contributed by atoms with Gasteiger partial charge in [-0.3, -0.25) is 14.5 Å². The number of amides is 2. The highest BCUT2D eigenvalue weighted by molar-refractivity contribution is 6.74. The normalized spacial score (nSPS) is 15.6. The van der Waals surface area contributed by atoms with Crippen LogP contribution in [0.1, 0.15) is 41.5 Å². The number of hydrogen-bond donors (Lipinski definition) is 0. The molecule has 0 aromatic heterocycles. The van der Waals surface area contributed by atoms with Gasteiger partial charge in [-0.25, -0.2) is 0 Å². The highest BCUT2D eigenvalue weighted by Gasteiger charge is 2.37. The molecule has 0 saturated heterocycles. The number of rotatable bonds is 5. The average Bonchev–Trinajstić information content (AvgIpc) is 2.71. The summed E-state index contributed by atoms with van der Waals surface area (Å²) < 4.78 is 6.04. The van der Waals surface area contributed by atoms with E-state index in [0.29, 0.717) is 17.7 Å². The summed E-state index contributed by atoms with van der Waals surface area (Å²) in [5, 5.41) is 0.170. The van der Waals surface area contributed by atoms with Gasteiger partial charge in [0.15, 0.2) is 8.32 Å². The van der Waals surface area contributed by atoms with Crippen molar-refractivity contribution in [2.24, 2.45) is 0 Å². The molecule has 0 radical (unpaired) electrons. The molecule has 2 rings (SSSR count). The van der Waals surface area contributed by atoms with Gasteiger partial charge in [0.1, 0.15) is 0 Å². The van der Waals surface area contributed by atoms with Crippen molar-refractivity contribution in [3.63, 3.8) is 0 Å². The van der Waals surface area contributed by atoms with Crippen LogP contribution in [0.25, 0.3) is 0 Å². The summed E-state index contributed by atoms with van der Waals surface area (Å²) in [5.41, 5.74) is 0.979. The van der Waals surface area contributed by atoms with Gasteiger partial charge >= 0.3 is 0 Å². The maximum atomic E-state index is 12.2. The van der Waals surface area contributed by atoms with E-state index < -0.39 is 8.32 Å². The van der Waals surface area contributed by atoms with Gasteiger partial charge in [-0.1, -0.05) is 45.1 Å². The Morgan fingerprint density at radius 2 is 1.57 bits per heavy atom. The van der Waals surface area contributed by atoms with Gasteiger partial charge in [0.05, 0.1) is 17.7 Å². The van der Waals surface area contributed by atoms with Crippen molar-refractivity contribution < 1.29 is 14.0 Å². The molecule has 23 heavy (non-hydrogen) atoms. The molecular weight excluding hydrogens is 306 g/mol. The Morgan fingerprint density at radius 3 is 2.04 bits per heavy atom. The Bertz CT molecular complexity index is 609. The second-order valence-electron chi connectivity index (χ2n) is 7.31. The maximum absolute atomic E-state index is 12.2. The highest BCUT2D eigenvalue weighted by Crippen LogP contribution is 2.36. The molecule has 1 aromatic carbocycles. The van der Waals surface area contributed by atoms with Crippen LogP contribution in [-0.2, 0) is 4.43 Å². The first-order chi connectivity index (χ1) is 10.6. The molecular formula is C18H25NO3Si. The smallest absolute Gasteiger partial charge is 0.261 e. The summed E-state index contributed by atoms with van der Waals surface area (Å²) >= 11 is 0. The monoisotopic (exact) mass is 331 g/mol. The number of nitrogens with zero attached hydrogens (tertiary/aromatic N) is 1. The van der Waals surface area contributed by atoms with Crippen molar-refractivity contribution in [3.05, 3.63) is 47.5 Å². The predicted octanol–water partition coefficient (Wildman–Crippen LogP) is 3.86. The fraction of sp³-hybridized carbons (Fsp3) is 0.444. The van der Waals surface area contributed by atoms with Crippen molar-refractivity contribution in [1.82, 2.24) is 4.90 Å². The molecule has 0 atom stereocenters. The lowest BCUT2D eigenvalue weighted by molar-refractivity contribution is 0.0671. The molecule has 124 valence electrons. The van der Waals surface area contributed by atoms with Crippen LogP contribution in [0.3, 0.4) is 0 Å². The molecule has 2 amide bonds. The minimum atomic E-state index is -1.76. The molecule has 0 bridgehead atoms. The standard InChI is InChI=1S/C18H25NO3Si/c1-18(2,3)23(4,5)22-13-9-8-12-19-16(20)14-10-6-7-11-15(14)17(19)21/h6-11H,12-13H2,1-5H3. The molecule has 4 nitrogen and oxygen atoms in total. The van der Waals surface area contributed by atoms with Gasteiger partial charge < -0.3 is 4.43 Å². The van der Waals surface area contributed by atoms with Crippen LogP contribution in [0.15, 0.2) is 36.4 Å². The molecule has 1 aliphatic heterocycles. The quantitative estimate of drug-likeness (QED) is 0.467. The Labute approximate surface area is 139 Å². The molecule has 0 saturated carbocycles. The first kappa shape index (κ1) is 17.6. The molecule has 0 N–H and O–H groups in total. The van der Waals surface area contributed by atoms with Gasteiger partial charge in [0, 0.05) is 6.54 Å². The third-order valence-electron chi connectivity index (χ3n) is 4.68. The first-order valence-electron chi connectivity index (χ1n) is 7.89. The zero-order valence-electron chi connectivity index (χ0n) is 14.6. The van der Waals surface area contributed by atoms with Crippen LogP contribution >= 0.6 is 0 Å². The number of fused-ring (bicyclic) bond motifs is 1. The third kappa shape index (κ3) is 3.62. The zero-order chi connectivity index (χ0) is 17.3.